The van der Waals surface area contributed by atoms with Crippen LogP contribution in [0.25, 0.3) is 0 Å². The Kier molecular flexibility index (Phi) is 3.73. The molecule has 0 aliphatic heterocycles. The Morgan fingerprint density at radius 3 is 1.23 bits per heavy atom. The van der Waals surface area contributed by atoms with Gasteiger partial charge in [-0.25, -0.2) is 0 Å². The Labute approximate surface area is 85.7 Å². The molecule has 0 radical (unpaired) electrons. The van der Waals surface area contributed by atoms with Crippen LogP contribution in [0.1, 0.15) is 34.6 Å². The first-order valence-electron chi connectivity index (χ1n) is 4.07. The number of hydrogen-bond donors (Lipinski definition) is 0. The maximum absolute atomic E-state index is 12.7. The van der Waals surface area contributed by atoms with E-state index in [1.54, 1.807) is 0 Å². The molecule has 0 aliphatic carbocycles. The molecule has 0 saturated carbocycles. The quantitative estimate of drug-likeness (QED) is 0.501. The molecule has 4 heteroatoms. The molecule has 0 N–H and O–H groups in total. The zero-order valence-corrected chi connectivity index (χ0v) is 11.2. The molecule has 0 saturated heterocycles. The summed E-state index contributed by atoms with van der Waals surface area (Å²) in [7, 11) is 0. The van der Waals surface area contributed by atoms with E-state index in [4.69, 9.17) is 0 Å². The van der Waals surface area contributed by atoms with Gasteiger partial charge in [-0.3, -0.25) is 0 Å². The Hall–Kier alpha value is 0.520. The van der Waals surface area contributed by atoms with Gasteiger partial charge < -0.3 is 0 Å². The van der Waals surface area contributed by atoms with Gasteiger partial charge in [0, 0.05) is 0 Å². The summed E-state index contributed by atoms with van der Waals surface area (Å²) in [5.74, 6) is 0. The van der Waals surface area contributed by atoms with E-state index in [-0.39, 0.29) is 3.42 Å². The van der Waals surface area contributed by atoms with Crippen LogP contribution in [0.3, 0.4) is 0 Å². The summed E-state index contributed by atoms with van der Waals surface area (Å²) in [4.78, 5) is 1.82. The second-order valence-corrected chi connectivity index (χ2v) is 13.1. The first-order valence-corrected chi connectivity index (χ1v) is 8.39. The minimum absolute atomic E-state index is 0.164. The molecule has 0 heterocycles. The molecular weight excluding hydrogens is 292 g/mol. The molecule has 0 bridgehead atoms. The van der Waals surface area contributed by atoms with Crippen molar-refractivity contribution in [3.8, 4) is 0 Å². The molecule has 0 spiro atoms. The fraction of sp³-hybridized carbons (Fsp3) is 1.00. The van der Waals surface area contributed by atoms with Crippen LogP contribution < -0.4 is 0 Å². The summed E-state index contributed by atoms with van der Waals surface area (Å²) in [5, 5.41) is 0. The number of alkyl halides is 6. The van der Waals surface area contributed by atoms with Crippen LogP contribution >= 0.6 is 19.8 Å². The van der Waals surface area contributed by atoms with E-state index in [2.05, 4.69) is 0 Å². The summed E-state index contributed by atoms with van der Waals surface area (Å²) >= 11 is -2.03. The first-order chi connectivity index (χ1) is 5.40. The van der Waals surface area contributed by atoms with E-state index < -0.39 is 29.4 Å². The summed E-state index contributed by atoms with van der Waals surface area (Å²) in [5.41, 5.74) is 0. The third-order valence-electron chi connectivity index (χ3n) is 2.23. The van der Waals surface area contributed by atoms with Crippen molar-refractivity contribution in [3.05, 3.63) is 0 Å². The summed E-state index contributed by atoms with van der Waals surface area (Å²) < 4.78 is 36.3. The Bertz CT molecular complexity index is 176. The number of halogens is 4. The van der Waals surface area contributed by atoms with Crippen molar-refractivity contribution in [3.63, 3.8) is 0 Å². The van der Waals surface area contributed by atoms with Crippen LogP contribution in [0.4, 0.5) is 13.2 Å². The van der Waals surface area contributed by atoms with Crippen molar-refractivity contribution in [2.75, 3.05) is 4.93 Å². The molecule has 0 unspecified atom stereocenters. The topological polar surface area (TPSA) is 0 Å². The molecule has 0 aliphatic rings. The van der Waals surface area contributed by atoms with Crippen LogP contribution in [0.5, 0.6) is 0 Å². The second-order valence-electron chi connectivity index (χ2n) is 4.51. The third-order valence-corrected chi connectivity index (χ3v) is 11.7. The van der Waals surface area contributed by atoms with E-state index in [0.29, 0.717) is 0 Å². The SMILES string of the molecule is CI(C(C)(C)C)C(C)(C)C(F)(F)F. The molecule has 82 valence electrons. The molecule has 0 atom stereocenters. The average molecular weight is 310 g/mol. The van der Waals surface area contributed by atoms with Gasteiger partial charge in [0.1, 0.15) is 0 Å². The fourth-order valence-corrected chi connectivity index (χ4v) is 5.83. The van der Waals surface area contributed by atoms with Gasteiger partial charge in [0.2, 0.25) is 0 Å². The van der Waals surface area contributed by atoms with Crippen LogP contribution in [-0.4, -0.2) is 18.0 Å². The predicted molar refractivity (Wildman–Crippen MR) is 59.8 cm³/mol. The summed E-state index contributed by atoms with van der Waals surface area (Å²) in [6.07, 6.45) is -4.06. The van der Waals surface area contributed by atoms with Gasteiger partial charge in [-0.05, 0) is 0 Å². The van der Waals surface area contributed by atoms with E-state index in [1.807, 2.05) is 25.7 Å². The third kappa shape index (κ3) is 2.99. The molecule has 0 aromatic rings. The molecule has 0 amide bonds. The van der Waals surface area contributed by atoms with E-state index in [1.165, 1.54) is 13.8 Å². The van der Waals surface area contributed by atoms with Gasteiger partial charge in [-0.15, -0.1) is 0 Å². The van der Waals surface area contributed by atoms with Gasteiger partial charge in [-0.2, -0.15) is 0 Å². The van der Waals surface area contributed by atoms with Gasteiger partial charge in [0.05, 0.1) is 0 Å². The number of hydrogen-bond acceptors (Lipinski definition) is 0. The van der Waals surface area contributed by atoms with Crippen molar-refractivity contribution in [1.82, 2.24) is 0 Å². The van der Waals surface area contributed by atoms with Crippen molar-refractivity contribution >= 4 is 19.8 Å². The van der Waals surface area contributed by atoms with Crippen molar-refractivity contribution in [2.45, 2.75) is 47.6 Å². The summed E-state index contributed by atoms with van der Waals surface area (Å²) in [6.45, 7) is 8.40. The van der Waals surface area contributed by atoms with Gasteiger partial charge in [-0.1, -0.05) is 0 Å². The van der Waals surface area contributed by atoms with Gasteiger partial charge in [0.25, 0.3) is 0 Å². The summed E-state index contributed by atoms with van der Waals surface area (Å²) in [6, 6.07) is 0. The zero-order valence-electron chi connectivity index (χ0n) is 9.01. The normalized spacial score (nSPS) is 15.9. The molecule has 13 heavy (non-hydrogen) atoms. The minimum atomic E-state index is -4.06. The van der Waals surface area contributed by atoms with E-state index >= 15 is 0 Å². The predicted octanol–water partition coefficient (Wildman–Crippen LogP) is 4.26. The van der Waals surface area contributed by atoms with Crippen molar-refractivity contribution in [1.29, 1.82) is 0 Å². The van der Waals surface area contributed by atoms with Crippen LogP contribution in [0.15, 0.2) is 0 Å². The number of rotatable bonds is 1. The molecule has 0 fully saturated rings. The average Bonchev–Trinajstić information content (AvgIpc) is 1.81. The van der Waals surface area contributed by atoms with E-state index in [9.17, 15) is 13.2 Å². The monoisotopic (exact) mass is 310 g/mol. The second kappa shape index (κ2) is 3.59. The maximum atomic E-state index is 12.7. The Balaban J connectivity index is 4.86. The first kappa shape index (κ1) is 13.5. The fourth-order valence-electron chi connectivity index (χ4n) is 0.869. The van der Waals surface area contributed by atoms with Crippen LogP contribution in [-0.2, 0) is 0 Å². The van der Waals surface area contributed by atoms with E-state index in [0.717, 1.165) is 0 Å². The Morgan fingerprint density at radius 2 is 1.15 bits per heavy atom. The molecular formula is C9H18F3I. The zero-order chi connectivity index (χ0) is 11.1. The van der Waals surface area contributed by atoms with Gasteiger partial charge in [0.15, 0.2) is 0 Å². The van der Waals surface area contributed by atoms with Gasteiger partial charge >= 0.3 is 85.6 Å². The molecule has 0 rings (SSSR count). The van der Waals surface area contributed by atoms with Crippen molar-refractivity contribution in [2.24, 2.45) is 0 Å². The molecule has 0 nitrogen and oxygen atoms in total. The Morgan fingerprint density at radius 1 is 0.846 bits per heavy atom. The standard InChI is InChI=1S/C9H18F3I/c1-7(2,3)13(6)8(4,5)9(10,11)12/h1-6H3. The molecule has 0 aromatic carbocycles. The van der Waals surface area contributed by atoms with Crippen LogP contribution in [0.2, 0.25) is 0 Å². The molecule has 0 aromatic heterocycles. The van der Waals surface area contributed by atoms with Crippen LogP contribution in [0, 0.1) is 0 Å². The van der Waals surface area contributed by atoms with Crippen molar-refractivity contribution < 1.29 is 13.2 Å².